The zero-order valence-electron chi connectivity index (χ0n) is 15.1. The number of amides is 2. The van der Waals surface area contributed by atoms with Gasteiger partial charge in [-0.2, -0.15) is 5.10 Å². The van der Waals surface area contributed by atoms with Gasteiger partial charge in [-0.1, -0.05) is 0 Å². The van der Waals surface area contributed by atoms with E-state index in [0.29, 0.717) is 30.8 Å². The van der Waals surface area contributed by atoms with Crippen LogP contribution in [0.4, 0.5) is 18.0 Å². The van der Waals surface area contributed by atoms with Crippen LogP contribution in [-0.4, -0.2) is 40.8 Å². The first-order valence-corrected chi connectivity index (χ1v) is 8.84. The van der Waals surface area contributed by atoms with Crippen molar-refractivity contribution < 1.29 is 22.7 Å². The van der Waals surface area contributed by atoms with Gasteiger partial charge in [-0.15, -0.1) is 0 Å². The van der Waals surface area contributed by atoms with Gasteiger partial charge in [-0.3, -0.25) is 0 Å². The molecular weight excluding hydrogens is 371 g/mol. The summed E-state index contributed by atoms with van der Waals surface area (Å²) in [6, 6.07) is 7.98. The number of nitrogens with zero attached hydrogens (tertiary/aromatic N) is 3. The maximum Gasteiger partial charge on any atom is 0.341 e. The molecule has 0 unspecified atom stereocenters. The van der Waals surface area contributed by atoms with Crippen LogP contribution < -0.4 is 4.74 Å². The van der Waals surface area contributed by atoms with Crippen LogP contribution in [0.5, 0.6) is 5.75 Å². The number of carbonyl (C=O) groups excluding carboxylic acids is 1. The average Bonchev–Trinajstić information content (AvgIpc) is 3.10. The SMILES string of the molecule is CC1(Oc2ccc(F)cc2)CN(C(=O)N2N=CC[C@H]2c2cc(F)cc(F)c2)C1. The van der Waals surface area contributed by atoms with Crippen LogP contribution in [0.2, 0.25) is 0 Å². The van der Waals surface area contributed by atoms with Crippen LogP contribution in [0.25, 0.3) is 0 Å². The highest BCUT2D eigenvalue weighted by Gasteiger charge is 2.46. The van der Waals surface area contributed by atoms with E-state index >= 15 is 0 Å². The van der Waals surface area contributed by atoms with E-state index in [1.54, 1.807) is 11.1 Å². The third-order valence-corrected chi connectivity index (χ3v) is 4.79. The number of likely N-dealkylation sites (tertiary alicyclic amines) is 1. The zero-order chi connectivity index (χ0) is 19.9. The third-order valence-electron chi connectivity index (χ3n) is 4.79. The highest BCUT2D eigenvalue weighted by atomic mass is 19.1. The highest BCUT2D eigenvalue weighted by molar-refractivity contribution is 5.79. The quantitative estimate of drug-likeness (QED) is 0.793. The lowest BCUT2D eigenvalue weighted by Crippen LogP contribution is -2.66. The fourth-order valence-corrected chi connectivity index (χ4v) is 3.54. The summed E-state index contributed by atoms with van der Waals surface area (Å²) in [5.74, 6) is -1.23. The summed E-state index contributed by atoms with van der Waals surface area (Å²) in [5.41, 5.74) is -0.244. The molecule has 8 heteroatoms. The zero-order valence-corrected chi connectivity index (χ0v) is 15.1. The molecule has 2 aromatic carbocycles. The first-order valence-electron chi connectivity index (χ1n) is 8.84. The number of hydrazone groups is 1. The fraction of sp³-hybridized carbons (Fsp3) is 0.300. The number of hydrogen-bond acceptors (Lipinski definition) is 3. The van der Waals surface area contributed by atoms with Crippen molar-refractivity contribution in [3.8, 4) is 5.75 Å². The van der Waals surface area contributed by atoms with Crippen molar-refractivity contribution >= 4 is 12.2 Å². The van der Waals surface area contributed by atoms with Crippen molar-refractivity contribution in [1.29, 1.82) is 0 Å². The number of benzene rings is 2. The predicted molar refractivity (Wildman–Crippen MR) is 96.4 cm³/mol. The van der Waals surface area contributed by atoms with Gasteiger partial charge in [0, 0.05) is 18.7 Å². The monoisotopic (exact) mass is 389 g/mol. The third kappa shape index (κ3) is 3.54. The van der Waals surface area contributed by atoms with Gasteiger partial charge in [-0.05, 0) is 48.9 Å². The maximum atomic E-state index is 13.5. The Bertz CT molecular complexity index is 907. The first kappa shape index (κ1) is 18.3. The fourth-order valence-electron chi connectivity index (χ4n) is 3.54. The van der Waals surface area contributed by atoms with Crippen LogP contribution >= 0.6 is 0 Å². The molecule has 2 amide bonds. The minimum absolute atomic E-state index is 0.319. The average molecular weight is 389 g/mol. The van der Waals surface area contributed by atoms with E-state index < -0.39 is 23.3 Å². The maximum absolute atomic E-state index is 13.5. The van der Waals surface area contributed by atoms with Crippen LogP contribution in [0.15, 0.2) is 47.6 Å². The molecule has 0 aromatic heterocycles. The summed E-state index contributed by atoms with van der Waals surface area (Å²) in [6.45, 7) is 2.49. The number of halogens is 3. The predicted octanol–water partition coefficient (Wildman–Crippen LogP) is 4.11. The molecule has 1 atom stereocenters. The largest absolute Gasteiger partial charge is 0.484 e. The summed E-state index contributed by atoms with van der Waals surface area (Å²) in [7, 11) is 0. The van der Waals surface area contributed by atoms with Gasteiger partial charge < -0.3 is 9.64 Å². The van der Waals surface area contributed by atoms with E-state index in [9.17, 15) is 18.0 Å². The molecule has 2 aromatic rings. The van der Waals surface area contributed by atoms with Gasteiger partial charge in [-0.25, -0.2) is 23.0 Å². The standard InChI is InChI=1S/C20H18F3N3O2/c1-20(28-17-4-2-14(21)3-5-17)11-25(12-20)19(27)26-18(6-7-24-26)13-8-15(22)10-16(23)9-13/h2-5,7-10,18H,6,11-12H2,1H3/t18-/m0/s1. The minimum Gasteiger partial charge on any atom is -0.484 e. The Morgan fingerprint density at radius 2 is 1.71 bits per heavy atom. The van der Waals surface area contributed by atoms with Crippen molar-refractivity contribution in [2.75, 3.05) is 13.1 Å². The molecule has 0 bridgehead atoms. The van der Waals surface area contributed by atoms with Gasteiger partial charge >= 0.3 is 6.03 Å². The lowest BCUT2D eigenvalue weighted by Gasteiger charge is -2.48. The van der Waals surface area contributed by atoms with E-state index in [0.717, 1.165) is 6.07 Å². The van der Waals surface area contributed by atoms with Gasteiger partial charge in [0.25, 0.3) is 0 Å². The molecule has 2 aliphatic heterocycles. The smallest absolute Gasteiger partial charge is 0.341 e. The lowest BCUT2D eigenvalue weighted by atomic mass is 9.96. The Hall–Kier alpha value is -3.03. The second kappa shape index (κ2) is 6.85. The Balaban J connectivity index is 1.42. The lowest BCUT2D eigenvalue weighted by molar-refractivity contribution is -0.0482. The molecular formula is C20H18F3N3O2. The molecule has 2 heterocycles. The Morgan fingerprint density at radius 3 is 2.36 bits per heavy atom. The number of urea groups is 1. The first-order chi connectivity index (χ1) is 13.3. The molecule has 0 spiro atoms. The van der Waals surface area contributed by atoms with Crippen LogP contribution in [0, 0.1) is 17.5 Å². The van der Waals surface area contributed by atoms with Crippen molar-refractivity contribution in [3.63, 3.8) is 0 Å². The molecule has 5 nitrogen and oxygen atoms in total. The van der Waals surface area contributed by atoms with E-state index in [1.165, 1.54) is 41.4 Å². The Morgan fingerprint density at radius 1 is 1.07 bits per heavy atom. The van der Waals surface area contributed by atoms with Crippen molar-refractivity contribution in [1.82, 2.24) is 9.91 Å². The molecule has 0 N–H and O–H groups in total. The normalized spacial score (nSPS) is 20.2. The number of rotatable bonds is 3. The molecule has 0 radical (unpaired) electrons. The van der Waals surface area contributed by atoms with E-state index in [-0.39, 0.29) is 11.8 Å². The summed E-state index contributed by atoms with van der Waals surface area (Å²) in [6.07, 6.45) is 1.94. The van der Waals surface area contributed by atoms with Crippen LogP contribution in [0.3, 0.4) is 0 Å². The molecule has 2 aliphatic rings. The van der Waals surface area contributed by atoms with Gasteiger partial charge in [0.05, 0.1) is 19.1 Å². The topological polar surface area (TPSA) is 45.1 Å². The molecule has 0 aliphatic carbocycles. The molecule has 4 rings (SSSR count). The van der Waals surface area contributed by atoms with E-state index in [1.807, 2.05) is 6.92 Å². The second-order valence-corrected chi connectivity index (χ2v) is 7.24. The molecule has 146 valence electrons. The highest BCUT2D eigenvalue weighted by Crippen LogP contribution is 2.34. The van der Waals surface area contributed by atoms with Crippen molar-refractivity contribution in [2.45, 2.75) is 25.0 Å². The number of carbonyl (C=O) groups is 1. The number of hydrogen-bond donors (Lipinski definition) is 0. The van der Waals surface area contributed by atoms with Gasteiger partial charge in [0.2, 0.25) is 0 Å². The summed E-state index contributed by atoms with van der Waals surface area (Å²) in [5, 5.41) is 5.33. The summed E-state index contributed by atoms with van der Waals surface area (Å²) < 4.78 is 46.0. The van der Waals surface area contributed by atoms with Crippen molar-refractivity contribution in [2.24, 2.45) is 5.10 Å². The summed E-state index contributed by atoms with van der Waals surface area (Å²) >= 11 is 0. The van der Waals surface area contributed by atoms with Crippen LogP contribution in [-0.2, 0) is 0 Å². The van der Waals surface area contributed by atoms with E-state index in [2.05, 4.69) is 5.10 Å². The van der Waals surface area contributed by atoms with Crippen molar-refractivity contribution in [3.05, 3.63) is 65.5 Å². The number of ether oxygens (including phenoxy) is 1. The minimum atomic E-state index is -0.696. The van der Waals surface area contributed by atoms with E-state index in [4.69, 9.17) is 4.74 Å². The molecule has 28 heavy (non-hydrogen) atoms. The Kier molecular flexibility index (Phi) is 4.49. The van der Waals surface area contributed by atoms with Gasteiger partial charge in [0.15, 0.2) is 0 Å². The van der Waals surface area contributed by atoms with Gasteiger partial charge in [0.1, 0.15) is 28.8 Å². The van der Waals surface area contributed by atoms with Crippen LogP contribution in [0.1, 0.15) is 24.9 Å². The summed E-state index contributed by atoms with van der Waals surface area (Å²) in [4.78, 5) is 14.4. The Labute approximate surface area is 160 Å². The molecule has 0 saturated carbocycles. The second-order valence-electron chi connectivity index (χ2n) is 7.24. The molecule has 1 saturated heterocycles. The molecule has 1 fully saturated rings.